The van der Waals surface area contributed by atoms with Crippen LogP contribution in [0.15, 0.2) is 48.8 Å². The molecule has 0 bridgehead atoms. The second-order valence-corrected chi connectivity index (χ2v) is 8.48. The number of carbonyl (C=O) groups is 1. The fourth-order valence-corrected chi connectivity index (χ4v) is 4.44. The van der Waals surface area contributed by atoms with Gasteiger partial charge in [0.25, 0.3) is 0 Å². The van der Waals surface area contributed by atoms with Gasteiger partial charge in [-0.1, -0.05) is 17.7 Å². The molecule has 2 aromatic heterocycles. The molecule has 1 aliphatic rings. The molecule has 4 aromatic rings. The van der Waals surface area contributed by atoms with E-state index in [0.717, 1.165) is 44.6 Å². The van der Waals surface area contributed by atoms with Gasteiger partial charge in [0, 0.05) is 53.2 Å². The van der Waals surface area contributed by atoms with Crippen LogP contribution in [0.4, 0.5) is 5.82 Å². The molecule has 1 atom stereocenters. The molecule has 3 N–H and O–H groups in total. The third-order valence-corrected chi connectivity index (χ3v) is 6.23. The van der Waals surface area contributed by atoms with Crippen molar-refractivity contribution in [2.24, 2.45) is 0 Å². The van der Waals surface area contributed by atoms with Crippen LogP contribution in [0.2, 0.25) is 5.02 Å². The van der Waals surface area contributed by atoms with Crippen molar-refractivity contribution in [1.82, 2.24) is 24.8 Å². The topological polar surface area (TPSA) is 91.1 Å². The fraction of sp³-hybridized carbons (Fsp3) is 0.261. The second-order valence-electron chi connectivity index (χ2n) is 8.04. The van der Waals surface area contributed by atoms with Crippen LogP contribution in [-0.4, -0.2) is 49.8 Å². The number of nitrogens with two attached hydrogens (primary N) is 1. The Morgan fingerprint density at radius 1 is 1.13 bits per heavy atom. The van der Waals surface area contributed by atoms with Crippen LogP contribution in [0.3, 0.4) is 0 Å². The van der Waals surface area contributed by atoms with Gasteiger partial charge >= 0.3 is 0 Å². The Morgan fingerprint density at radius 2 is 2.00 bits per heavy atom. The summed E-state index contributed by atoms with van der Waals surface area (Å²) in [5.41, 5.74) is 9.87. The van der Waals surface area contributed by atoms with E-state index in [4.69, 9.17) is 17.3 Å². The molecule has 31 heavy (non-hydrogen) atoms. The van der Waals surface area contributed by atoms with Crippen LogP contribution < -0.4 is 5.73 Å². The summed E-state index contributed by atoms with van der Waals surface area (Å²) in [5.74, 6) is 0.599. The number of rotatable bonds is 4. The number of halogens is 1. The Kier molecular flexibility index (Phi) is 5.00. The lowest BCUT2D eigenvalue weighted by Gasteiger charge is -2.39. The maximum atomic E-state index is 13.1. The monoisotopic (exact) mass is 434 g/mol. The van der Waals surface area contributed by atoms with Crippen LogP contribution in [0, 0.1) is 0 Å². The van der Waals surface area contributed by atoms with Crippen molar-refractivity contribution < 1.29 is 4.79 Å². The Hall–Kier alpha value is -3.16. The molecule has 0 radical (unpaired) electrons. The molecule has 7 nitrogen and oxygen atoms in total. The molecule has 1 fully saturated rings. The zero-order valence-electron chi connectivity index (χ0n) is 17.2. The average Bonchev–Trinajstić information content (AvgIpc) is 3.15. The molecule has 3 heterocycles. The summed E-state index contributed by atoms with van der Waals surface area (Å²) in [6.07, 6.45) is 1.46. The number of nitrogens with zero attached hydrogens (tertiary/aromatic N) is 4. The maximum absolute atomic E-state index is 13.1. The van der Waals surface area contributed by atoms with E-state index in [2.05, 4.69) is 25.9 Å². The minimum atomic E-state index is -0.192. The lowest BCUT2D eigenvalue weighted by Crippen LogP contribution is -2.54. The van der Waals surface area contributed by atoms with E-state index in [1.807, 2.05) is 48.2 Å². The summed E-state index contributed by atoms with van der Waals surface area (Å²) in [7, 11) is 0. The molecule has 0 spiro atoms. The van der Waals surface area contributed by atoms with Crippen molar-refractivity contribution in [3.63, 3.8) is 0 Å². The van der Waals surface area contributed by atoms with Gasteiger partial charge in [0.2, 0.25) is 5.91 Å². The number of piperazine rings is 1. The van der Waals surface area contributed by atoms with Gasteiger partial charge in [0.05, 0.1) is 11.6 Å². The zero-order chi connectivity index (χ0) is 21.5. The minimum Gasteiger partial charge on any atom is -0.383 e. The third-order valence-electron chi connectivity index (χ3n) is 5.99. The van der Waals surface area contributed by atoms with Gasteiger partial charge < -0.3 is 15.6 Å². The number of anilines is 1. The summed E-state index contributed by atoms with van der Waals surface area (Å²) in [6, 6.07) is 13.6. The van der Waals surface area contributed by atoms with Crippen molar-refractivity contribution in [1.29, 1.82) is 0 Å². The van der Waals surface area contributed by atoms with E-state index in [1.54, 1.807) is 0 Å². The first-order valence-electron chi connectivity index (χ1n) is 10.3. The van der Waals surface area contributed by atoms with E-state index in [-0.39, 0.29) is 11.9 Å². The van der Waals surface area contributed by atoms with Crippen molar-refractivity contribution >= 4 is 45.1 Å². The molecule has 1 unspecified atom stereocenters. The predicted octanol–water partition coefficient (Wildman–Crippen LogP) is 3.58. The highest BCUT2D eigenvalue weighted by atomic mass is 35.5. The minimum absolute atomic E-state index is 0.132. The summed E-state index contributed by atoms with van der Waals surface area (Å²) in [6.45, 7) is 4.72. The van der Waals surface area contributed by atoms with Gasteiger partial charge in [0.1, 0.15) is 12.1 Å². The number of amides is 1. The van der Waals surface area contributed by atoms with Gasteiger partial charge in [0.15, 0.2) is 0 Å². The maximum Gasteiger partial charge on any atom is 0.239 e. The number of benzene rings is 2. The highest BCUT2D eigenvalue weighted by Gasteiger charge is 2.31. The smallest absolute Gasteiger partial charge is 0.239 e. The number of aromatic nitrogens is 3. The van der Waals surface area contributed by atoms with Crippen molar-refractivity contribution in [2.45, 2.75) is 26.1 Å². The van der Waals surface area contributed by atoms with Crippen LogP contribution in [-0.2, 0) is 17.9 Å². The van der Waals surface area contributed by atoms with E-state index < -0.39 is 0 Å². The Bertz CT molecular complexity index is 1290. The van der Waals surface area contributed by atoms with Gasteiger partial charge in [-0.15, -0.1) is 0 Å². The normalized spacial score (nSPS) is 17.7. The highest BCUT2D eigenvalue weighted by Crippen LogP contribution is 2.24. The Labute approximate surface area is 184 Å². The van der Waals surface area contributed by atoms with Crippen molar-refractivity contribution in [2.75, 3.05) is 18.8 Å². The number of hydrogen-bond donors (Lipinski definition) is 2. The largest absolute Gasteiger partial charge is 0.383 e. The first-order chi connectivity index (χ1) is 15.0. The Balaban J connectivity index is 1.28. The molecule has 0 aliphatic carbocycles. The number of H-pyrrole nitrogens is 1. The second kappa shape index (κ2) is 7.83. The number of hydrogen-bond acceptors (Lipinski definition) is 5. The fourth-order valence-electron chi connectivity index (χ4n) is 4.26. The van der Waals surface area contributed by atoms with E-state index in [0.29, 0.717) is 25.5 Å². The molecule has 0 saturated carbocycles. The first-order valence-corrected chi connectivity index (χ1v) is 10.6. The quantitative estimate of drug-likeness (QED) is 0.512. The molecular weight excluding hydrogens is 412 g/mol. The summed E-state index contributed by atoms with van der Waals surface area (Å²) >= 11 is 6.10. The zero-order valence-corrected chi connectivity index (χ0v) is 17.9. The molecular formula is C23H23ClN6O. The molecule has 1 amide bonds. The summed E-state index contributed by atoms with van der Waals surface area (Å²) in [4.78, 5) is 28.9. The molecule has 2 aromatic carbocycles. The molecule has 1 aliphatic heterocycles. The lowest BCUT2D eigenvalue weighted by atomic mass is 10.1. The average molecular weight is 435 g/mol. The number of nitrogens with one attached hydrogen (secondary N) is 1. The lowest BCUT2D eigenvalue weighted by molar-refractivity contribution is -0.142. The van der Waals surface area contributed by atoms with Gasteiger partial charge in [-0.25, -0.2) is 9.97 Å². The van der Waals surface area contributed by atoms with Crippen LogP contribution in [0.5, 0.6) is 0 Å². The van der Waals surface area contributed by atoms with Crippen LogP contribution in [0.25, 0.3) is 21.8 Å². The first kappa shape index (κ1) is 19.8. The van der Waals surface area contributed by atoms with Gasteiger partial charge in [-0.05, 0) is 48.9 Å². The van der Waals surface area contributed by atoms with E-state index in [9.17, 15) is 4.79 Å². The molecule has 1 saturated heterocycles. The van der Waals surface area contributed by atoms with E-state index >= 15 is 0 Å². The summed E-state index contributed by atoms with van der Waals surface area (Å²) < 4.78 is 0. The van der Waals surface area contributed by atoms with Crippen LogP contribution >= 0.6 is 11.6 Å². The van der Waals surface area contributed by atoms with E-state index in [1.165, 1.54) is 6.33 Å². The standard InChI is InChI=1S/C23H23ClN6O/c1-14-23(31)30(11-15-2-4-19-21(8-15)26-13-27-22(19)25)7-6-29(14)12-18-10-16-9-17(24)3-5-20(16)28-18/h2-5,8-10,13-14,28H,6-7,11-12H2,1H3,(H2,25,26,27). The Morgan fingerprint density at radius 3 is 2.87 bits per heavy atom. The third kappa shape index (κ3) is 3.82. The number of fused-ring (bicyclic) bond motifs is 2. The summed E-state index contributed by atoms with van der Waals surface area (Å²) in [5, 5.41) is 2.63. The number of nitrogen functional groups attached to an aromatic ring is 1. The van der Waals surface area contributed by atoms with Crippen molar-refractivity contribution in [3.8, 4) is 0 Å². The highest BCUT2D eigenvalue weighted by molar-refractivity contribution is 6.31. The van der Waals surface area contributed by atoms with Crippen LogP contribution in [0.1, 0.15) is 18.2 Å². The molecule has 8 heteroatoms. The SMILES string of the molecule is CC1C(=O)N(Cc2ccc3c(N)ncnc3c2)CCN1Cc1cc2cc(Cl)ccc2[nH]1. The van der Waals surface area contributed by atoms with Gasteiger partial charge in [-0.2, -0.15) is 0 Å². The van der Waals surface area contributed by atoms with Crippen molar-refractivity contribution in [3.05, 3.63) is 65.1 Å². The number of carbonyl (C=O) groups excluding carboxylic acids is 1. The number of aromatic amines is 1. The molecule has 158 valence electrons. The van der Waals surface area contributed by atoms with Gasteiger partial charge in [-0.3, -0.25) is 9.69 Å². The predicted molar refractivity (Wildman–Crippen MR) is 123 cm³/mol. The molecule has 5 rings (SSSR count).